The Morgan fingerprint density at radius 1 is 1.15 bits per heavy atom. The first kappa shape index (κ1) is 30.0. The Labute approximate surface area is 247 Å². The summed E-state index contributed by atoms with van der Waals surface area (Å²) in [5, 5.41) is 11.6. The van der Waals surface area contributed by atoms with Crippen LogP contribution in [0.2, 0.25) is 0 Å². The first-order valence-electron chi connectivity index (χ1n) is 12.6. The number of allylic oxidation sites excluding steroid dienone is 1. The number of hydrogen-bond donors (Lipinski definition) is 0. The maximum Gasteiger partial charge on any atom is 0.338 e. The minimum atomic E-state index is -0.900. The number of ether oxygens (including phenoxy) is 4. The zero-order valence-electron chi connectivity index (χ0n) is 23.1. The minimum absolute atomic E-state index is 0.142. The van der Waals surface area contributed by atoms with Gasteiger partial charge >= 0.3 is 5.97 Å². The summed E-state index contributed by atoms with van der Waals surface area (Å²) in [6.07, 6.45) is 2.67. The van der Waals surface area contributed by atoms with Gasteiger partial charge in [-0.2, -0.15) is 0 Å². The van der Waals surface area contributed by atoms with Gasteiger partial charge in [-0.1, -0.05) is 40.6 Å². The van der Waals surface area contributed by atoms with Crippen LogP contribution in [0.4, 0.5) is 5.69 Å². The molecule has 0 N–H and O–H groups in total. The molecule has 1 aliphatic heterocycles. The number of methoxy groups -OCH3 is 3. The summed E-state index contributed by atoms with van der Waals surface area (Å²) in [4.78, 5) is 43.7. The Balaban J connectivity index is 2.09. The zero-order valence-corrected chi connectivity index (χ0v) is 25.5. The van der Waals surface area contributed by atoms with E-state index in [0.29, 0.717) is 34.7 Å². The number of nitrogens with zero attached hydrogens (tertiary/aromatic N) is 3. The van der Waals surface area contributed by atoms with Crippen molar-refractivity contribution in [2.24, 2.45) is 4.99 Å². The van der Waals surface area contributed by atoms with Gasteiger partial charge in [-0.25, -0.2) is 9.79 Å². The molecular formula is C28H28BrN3O8S. The molecule has 0 saturated heterocycles. The molecule has 2 aromatic carbocycles. The molecule has 41 heavy (non-hydrogen) atoms. The molecule has 0 fully saturated rings. The molecule has 1 atom stereocenters. The van der Waals surface area contributed by atoms with Gasteiger partial charge in [-0.05, 0) is 37.6 Å². The quantitative estimate of drug-likeness (QED) is 0.181. The second kappa shape index (κ2) is 12.7. The number of hydrogen-bond acceptors (Lipinski definition) is 10. The number of thiazole rings is 1. The normalized spacial score (nSPS) is 14.8. The van der Waals surface area contributed by atoms with E-state index in [1.165, 1.54) is 44.1 Å². The summed E-state index contributed by atoms with van der Waals surface area (Å²) in [7, 11) is 4.29. The van der Waals surface area contributed by atoms with Crippen LogP contribution in [0.3, 0.4) is 0 Å². The van der Waals surface area contributed by atoms with Gasteiger partial charge in [0.25, 0.3) is 11.2 Å². The fraction of sp³-hybridized carbons (Fsp3) is 0.321. The summed E-state index contributed by atoms with van der Waals surface area (Å²) in [5.74, 6) is 0.267. The molecule has 1 aliphatic rings. The number of carbonyl (C=O) groups excluding carboxylic acids is 1. The lowest BCUT2D eigenvalue weighted by Crippen LogP contribution is -2.40. The van der Waals surface area contributed by atoms with Crippen LogP contribution in [0.5, 0.6) is 17.2 Å². The van der Waals surface area contributed by atoms with Gasteiger partial charge in [-0.3, -0.25) is 19.5 Å². The molecule has 11 nitrogen and oxygen atoms in total. The van der Waals surface area contributed by atoms with E-state index in [1.54, 1.807) is 25.1 Å². The van der Waals surface area contributed by atoms with Crippen LogP contribution in [0.15, 0.2) is 55.9 Å². The lowest BCUT2D eigenvalue weighted by Gasteiger charge is -2.27. The molecule has 216 valence electrons. The fourth-order valence-corrected chi connectivity index (χ4v) is 6.06. The number of esters is 1. The smallest absolute Gasteiger partial charge is 0.338 e. The molecule has 0 saturated carbocycles. The molecule has 1 aromatic heterocycles. The Kier molecular flexibility index (Phi) is 9.28. The fourth-order valence-electron chi connectivity index (χ4n) is 4.67. The van der Waals surface area contributed by atoms with E-state index in [9.17, 15) is 19.7 Å². The van der Waals surface area contributed by atoms with Gasteiger partial charge in [0, 0.05) is 21.7 Å². The van der Waals surface area contributed by atoms with Crippen LogP contribution in [0.1, 0.15) is 43.9 Å². The van der Waals surface area contributed by atoms with E-state index in [2.05, 4.69) is 15.9 Å². The summed E-state index contributed by atoms with van der Waals surface area (Å²) in [5.41, 5.74) is 0.924. The van der Waals surface area contributed by atoms with Crippen molar-refractivity contribution in [3.63, 3.8) is 0 Å². The lowest BCUT2D eigenvalue weighted by molar-refractivity contribution is -0.385. The number of rotatable bonds is 10. The zero-order chi connectivity index (χ0) is 29.8. The van der Waals surface area contributed by atoms with Crippen LogP contribution >= 0.6 is 27.3 Å². The highest BCUT2D eigenvalue weighted by Crippen LogP contribution is 2.39. The van der Waals surface area contributed by atoms with Gasteiger partial charge in [-0.15, -0.1) is 0 Å². The lowest BCUT2D eigenvalue weighted by atomic mass is 9.93. The van der Waals surface area contributed by atoms with Gasteiger partial charge in [0.2, 0.25) is 0 Å². The number of nitro benzene ring substituents is 1. The average Bonchev–Trinajstić information content (AvgIpc) is 3.26. The highest BCUT2D eigenvalue weighted by atomic mass is 79.9. The van der Waals surface area contributed by atoms with Gasteiger partial charge in [0.15, 0.2) is 16.3 Å². The Bertz CT molecular complexity index is 1730. The third-order valence-electron chi connectivity index (χ3n) is 6.37. The molecule has 0 unspecified atom stereocenters. The average molecular weight is 647 g/mol. The van der Waals surface area contributed by atoms with E-state index in [1.807, 2.05) is 6.92 Å². The van der Waals surface area contributed by atoms with Crippen molar-refractivity contribution in [2.45, 2.75) is 32.7 Å². The van der Waals surface area contributed by atoms with Crippen molar-refractivity contribution in [1.29, 1.82) is 0 Å². The first-order valence-corrected chi connectivity index (χ1v) is 14.3. The molecule has 13 heteroatoms. The Morgan fingerprint density at radius 2 is 1.88 bits per heavy atom. The third-order valence-corrected chi connectivity index (χ3v) is 7.84. The number of benzene rings is 2. The van der Waals surface area contributed by atoms with E-state index >= 15 is 0 Å². The van der Waals surface area contributed by atoms with Crippen molar-refractivity contribution in [2.75, 3.05) is 27.9 Å². The van der Waals surface area contributed by atoms with E-state index in [-0.39, 0.29) is 39.5 Å². The molecule has 2 heterocycles. The predicted octanol–water partition coefficient (Wildman–Crippen LogP) is 4.28. The topological polar surface area (TPSA) is 131 Å². The molecule has 4 rings (SSSR count). The van der Waals surface area contributed by atoms with Crippen molar-refractivity contribution in [3.05, 3.63) is 87.0 Å². The van der Waals surface area contributed by atoms with Crippen LogP contribution in [-0.4, -0.2) is 43.4 Å². The van der Waals surface area contributed by atoms with Crippen molar-refractivity contribution < 1.29 is 28.7 Å². The second-order valence-electron chi connectivity index (χ2n) is 8.83. The van der Waals surface area contributed by atoms with E-state index in [0.717, 1.165) is 15.8 Å². The molecule has 0 amide bonds. The molecule has 0 aliphatic carbocycles. The molecule has 0 spiro atoms. The summed E-state index contributed by atoms with van der Waals surface area (Å²) >= 11 is 4.60. The van der Waals surface area contributed by atoms with E-state index < -0.39 is 22.5 Å². The van der Waals surface area contributed by atoms with Crippen molar-refractivity contribution >= 4 is 45.0 Å². The highest BCUT2D eigenvalue weighted by molar-refractivity contribution is 9.10. The number of fused-ring (bicyclic) bond motifs is 1. The van der Waals surface area contributed by atoms with Gasteiger partial charge < -0.3 is 18.9 Å². The van der Waals surface area contributed by atoms with Crippen molar-refractivity contribution in [3.8, 4) is 17.2 Å². The maximum atomic E-state index is 14.1. The largest absolute Gasteiger partial charge is 0.496 e. The number of carbonyl (C=O) groups is 1. The van der Waals surface area contributed by atoms with Crippen LogP contribution in [0, 0.1) is 10.1 Å². The van der Waals surface area contributed by atoms with Crippen LogP contribution in [0.25, 0.3) is 6.08 Å². The minimum Gasteiger partial charge on any atom is -0.496 e. The second-order valence-corrected chi connectivity index (χ2v) is 10.8. The summed E-state index contributed by atoms with van der Waals surface area (Å²) < 4.78 is 24.3. The monoisotopic (exact) mass is 645 g/mol. The molecule has 0 radical (unpaired) electrons. The third kappa shape index (κ3) is 5.77. The Morgan fingerprint density at radius 3 is 2.49 bits per heavy atom. The van der Waals surface area contributed by atoms with E-state index in [4.69, 9.17) is 23.9 Å². The van der Waals surface area contributed by atoms with Gasteiger partial charge in [0.05, 0.1) is 54.7 Å². The molecule has 3 aromatic rings. The standard InChI is InChI=1S/C28H28BrN3O8S/c1-6-8-19-23(27(34)40-7-2)24(18-13-16(29)9-10-20(18)37-3)31-26(33)22(41-28(31)30-19)12-15-11-17(32(35)36)14-21(38-4)25(15)39-5/h9-14,24H,6-8H2,1-5H3/b22-12-/t24-/m0/s1. The molecule has 0 bridgehead atoms. The summed E-state index contributed by atoms with van der Waals surface area (Å²) in [6, 6.07) is 7.00. The SMILES string of the molecule is CCCC1=C(C(=O)OCC)[C@H](c2cc(Br)ccc2OC)n2c(s/c(=C\c3cc([N+](=O)[O-])cc(OC)c3OC)c2=O)=N1. The van der Waals surface area contributed by atoms with Gasteiger partial charge in [0.1, 0.15) is 11.8 Å². The van der Waals surface area contributed by atoms with Crippen LogP contribution < -0.4 is 29.1 Å². The number of halogens is 1. The summed E-state index contributed by atoms with van der Waals surface area (Å²) in [6.45, 7) is 3.82. The highest BCUT2D eigenvalue weighted by Gasteiger charge is 2.36. The number of aromatic nitrogens is 1. The van der Waals surface area contributed by atoms with Crippen molar-refractivity contribution in [1.82, 2.24) is 4.57 Å². The first-order chi connectivity index (χ1) is 19.7. The predicted molar refractivity (Wildman–Crippen MR) is 157 cm³/mol. The maximum absolute atomic E-state index is 14.1. The van der Waals surface area contributed by atoms with Crippen LogP contribution in [-0.2, 0) is 9.53 Å². The Hall–Kier alpha value is -3.97. The number of nitro groups is 1. The molecular weight excluding hydrogens is 618 g/mol. The number of non-ortho nitro benzene ring substituents is 1.